The highest BCUT2D eigenvalue weighted by Gasteiger charge is 2.01. The Labute approximate surface area is 107 Å². The van der Waals surface area contributed by atoms with Crippen LogP contribution in [0.25, 0.3) is 11.3 Å². The molecule has 88 valence electrons. The SMILES string of the molecule is CC(C)Cc1ccc(-c2ccc(Cl)cn2)cc1. The summed E-state index contributed by atoms with van der Waals surface area (Å²) in [4.78, 5) is 4.31. The van der Waals surface area contributed by atoms with Crippen LogP contribution in [0.15, 0.2) is 42.6 Å². The number of hydrogen-bond acceptors (Lipinski definition) is 1. The lowest BCUT2D eigenvalue weighted by atomic mass is 10.0. The predicted molar refractivity (Wildman–Crippen MR) is 73.2 cm³/mol. The van der Waals surface area contributed by atoms with Gasteiger partial charge in [-0.1, -0.05) is 49.7 Å². The van der Waals surface area contributed by atoms with Gasteiger partial charge in [0.05, 0.1) is 10.7 Å². The summed E-state index contributed by atoms with van der Waals surface area (Å²) in [5, 5.41) is 0.671. The van der Waals surface area contributed by atoms with E-state index in [2.05, 4.69) is 43.1 Å². The molecule has 1 aromatic heterocycles. The summed E-state index contributed by atoms with van der Waals surface area (Å²) in [6, 6.07) is 12.4. The first-order chi connectivity index (χ1) is 8.15. The van der Waals surface area contributed by atoms with Crippen LogP contribution in [-0.4, -0.2) is 4.98 Å². The fourth-order valence-electron chi connectivity index (χ4n) is 1.83. The van der Waals surface area contributed by atoms with E-state index in [9.17, 15) is 0 Å². The average molecular weight is 246 g/mol. The van der Waals surface area contributed by atoms with E-state index in [1.807, 2.05) is 12.1 Å². The molecule has 0 N–H and O–H groups in total. The third-order valence-corrected chi connectivity index (χ3v) is 2.84. The zero-order chi connectivity index (χ0) is 12.3. The van der Waals surface area contributed by atoms with Crippen molar-refractivity contribution in [2.45, 2.75) is 20.3 Å². The fraction of sp³-hybridized carbons (Fsp3) is 0.267. The molecule has 0 aliphatic heterocycles. The van der Waals surface area contributed by atoms with Crippen molar-refractivity contribution in [1.29, 1.82) is 0 Å². The third-order valence-electron chi connectivity index (χ3n) is 2.62. The number of rotatable bonds is 3. The number of nitrogens with zero attached hydrogens (tertiary/aromatic N) is 1. The number of pyridine rings is 1. The first kappa shape index (κ1) is 12.1. The van der Waals surface area contributed by atoms with Gasteiger partial charge in [-0.15, -0.1) is 0 Å². The molecule has 1 nitrogen and oxygen atoms in total. The van der Waals surface area contributed by atoms with Crippen molar-refractivity contribution in [3.63, 3.8) is 0 Å². The fourth-order valence-corrected chi connectivity index (χ4v) is 1.94. The summed E-state index contributed by atoms with van der Waals surface area (Å²) >= 11 is 5.82. The van der Waals surface area contributed by atoms with Gasteiger partial charge in [0.2, 0.25) is 0 Å². The van der Waals surface area contributed by atoms with Crippen molar-refractivity contribution in [3.05, 3.63) is 53.2 Å². The van der Waals surface area contributed by atoms with Crippen LogP contribution in [0, 0.1) is 5.92 Å². The maximum atomic E-state index is 5.82. The molecule has 1 aromatic carbocycles. The van der Waals surface area contributed by atoms with Gasteiger partial charge in [0.1, 0.15) is 0 Å². The largest absolute Gasteiger partial charge is 0.255 e. The van der Waals surface area contributed by atoms with Gasteiger partial charge in [-0.2, -0.15) is 0 Å². The predicted octanol–water partition coefficient (Wildman–Crippen LogP) is 4.60. The maximum absolute atomic E-state index is 5.82. The van der Waals surface area contributed by atoms with Crippen molar-refractivity contribution in [2.75, 3.05) is 0 Å². The molecule has 2 rings (SSSR count). The second-order valence-electron chi connectivity index (χ2n) is 4.66. The quantitative estimate of drug-likeness (QED) is 0.770. The highest BCUT2D eigenvalue weighted by atomic mass is 35.5. The Balaban J connectivity index is 2.20. The Morgan fingerprint density at radius 3 is 2.29 bits per heavy atom. The van der Waals surface area contributed by atoms with Crippen LogP contribution >= 0.6 is 11.6 Å². The smallest absolute Gasteiger partial charge is 0.0703 e. The molecule has 0 aliphatic carbocycles. The van der Waals surface area contributed by atoms with Gasteiger partial charge in [0.25, 0.3) is 0 Å². The lowest BCUT2D eigenvalue weighted by Crippen LogP contribution is -1.93. The first-order valence-electron chi connectivity index (χ1n) is 5.86. The van der Waals surface area contributed by atoms with E-state index < -0.39 is 0 Å². The lowest BCUT2D eigenvalue weighted by Gasteiger charge is -2.06. The van der Waals surface area contributed by atoms with Crippen LogP contribution in [0.1, 0.15) is 19.4 Å². The van der Waals surface area contributed by atoms with Gasteiger partial charge in [-0.25, -0.2) is 0 Å². The molecule has 1 heterocycles. The molecule has 0 saturated carbocycles. The van der Waals surface area contributed by atoms with Crippen LogP contribution in [0.3, 0.4) is 0 Å². The average Bonchev–Trinajstić information content (AvgIpc) is 2.30. The summed E-state index contributed by atoms with van der Waals surface area (Å²) in [7, 11) is 0. The van der Waals surface area contributed by atoms with Gasteiger partial charge in [-0.05, 0) is 30.0 Å². The first-order valence-corrected chi connectivity index (χ1v) is 6.24. The monoisotopic (exact) mass is 245 g/mol. The second-order valence-corrected chi connectivity index (χ2v) is 5.09. The van der Waals surface area contributed by atoms with Crippen LogP contribution in [-0.2, 0) is 6.42 Å². The van der Waals surface area contributed by atoms with Crippen LogP contribution in [0.5, 0.6) is 0 Å². The molecular weight excluding hydrogens is 230 g/mol. The van der Waals surface area contributed by atoms with E-state index in [0.717, 1.165) is 17.7 Å². The Morgan fingerprint density at radius 1 is 1.06 bits per heavy atom. The molecule has 0 saturated heterocycles. The molecule has 0 aliphatic rings. The highest BCUT2D eigenvalue weighted by molar-refractivity contribution is 6.30. The normalized spacial score (nSPS) is 10.8. The number of hydrogen-bond donors (Lipinski definition) is 0. The standard InChI is InChI=1S/C15H16ClN/c1-11(2)9-12-3-5-13(6-4-12)15-8-7-14(16)10-17-15/h3-8,10-11H,9H2,1-2H3. The molecule has 2 heteroatoms. The topological polar surface area (TPSA) is 12.9 Å². The molecule has 0 radical (unpaired) electrons. The van der Waals surface area contributed by atoms with Crippen molar-refractivity contribution < 1.29 is 0 Å². The lowest BCUT2D eigenvalue weighted by molar-refractivity contribution is 0.647. The summed E-state index contributed by atoms with van der Waals surface area (Å²) in [5.74, 6) is 0.689. The molecular formula is C15H16ClN. The van der Waals surface area contributed by atoms with Crippen LogP contribution in [0.2, 0.25) is 5.02 Å². The number of halogens is 1. The van der Waals surface area contributed by atoms with Crippen molar-refractivity contribution >= 4 is 11.6 Å². The maximum Gasteiger partial charge on any atom is 0.0703 e. The number of benzene rings is 1. The van der Waals surface area contributed by atoms with Gasteiger partial charge in [-0.3, -0.25) is 4.98 Å². The van der Waals surface area contributed by atoms with Crippen molar-refractivity contribution in [1.82, 2.24) is 4.98 Å². The van der Waals surface area contributed by atoms with E-state index in [-0.39, 0.29) is 0 Å². The van der Waals surface area contributed by atoms with Gasteiger partial charge in [0.15, 0.2) is 0 Å². The van der Waals surface area contributed by atoms with Crippen LogP contribution in [0.4, 0.5) is 0 Å². The van der Waals surface area contributed by atoms with Crippen LogP contribution < -0.4 is 0 Å². The molecule has 2 aromatic rings. The van der Waals surface area contributed by atoms with Gasteiger partial charge >= 0.3 is 0 Å². The Hall–Kier alpha value is -1.34. The molecule has 0 bridgehead atoms. The van der Waals surface area contributed by atoms with E-state index in [4.69, 9.17) is 11.6 Å². The minimum atomic E-state index is 0.671. The Kier molecular flexibility index (Phi) is 3.80. The van der Waals surface area contributed by atoms with E-state index >= 15 is 0 Å². The summed E-state index contributed by atoms with van der Waals surface area (Å²) in [5.41, 5.74) is 3.47. The molecule has 0 atom stereocenters. The minimum absolute atomic E-state index is 0.671. The third kappa shape index (κ3) is 3.31. The van der Waals surface area contributed by atoms with Crippen molar-refractivity contribution in [3.8, 4) is 11.3 Å². The molecule has 0 unspecified atom stereocenters. The molecule has 17 heavy (non-hydrogen) atoms. The van der Waals surface area contributed by atoms with Crippen molar-refractivity contribution in [2.24, 2.45) is 5.92 Å². The summed E-state index contributed by atoms with van der Waals surface area (Å²) < 4.78 is 0. The molecule has 0 amide bonds. The second kappa shape index (κ2) is 5.33. The zero-order valence-corrected chi connectivity index (χ0v) is 10.9. The van der Waals surface area contributed by atoms with Gasteiger partial charge < -0.3 is 0 Å². The zero-order valence-electron chi connectivity index (χ0n) is 10.2. The highest BCUT2D eigenvalue weighted by Crippen LogP contribution is 2.20. The van der Waals surface area contributed by atoms with Gasteiger partial charge in [0, 0.05) is 11.8 Å². The Morgan fingerprint density at radius 2 is 1.76 bits per heavy atom. The van der Waals surface area contributed by atoms with E-state index in [1.54, 1.807) is 6.20 Å². The summed E-state index contributed by atoms with van der Waals surface area (Å²) in [6.07, 6.45) is 2.80. The molecule has 0 spiro atoms. The number of aromatic nitrogens is 1. The van der Waals surface area contributed by atoms with E-state index in [0.29, 0.717) is 10.9 Å². The summed E-state index contributed by atoms with van der Waals surface area (Å²) in [6.45, 7) is 4.46. The minimum Gasteiger partial charge on any atom is -0.255 e. The van der Waals surface area contributed by atoms with E-state index in [1.165, 1.54) is 5.56 Å². The molecule has 0 fully saturated rings. The Bertz CT molecular complexity index is 471.